The number of rotatable bonds is 3. The smallest absolute Gasteiger partial charge is 0.254 e. The van der Waals surface area contributed by atoms with Gasteiger partial charge in [-0.05, 0) is 24.3 Å². The van der Waals surface area contributed by atoms with E-state index in [1.807, 2.05) is 12.1 Å². The monoisotopic (exact) mass is 339 g/mol. The van der Waals surface area contributed by atoms with Crippen LogP contribution < -0.4 is 5.32 Å². The molecule has 2 amide bonds. The summed E-state index contributed by atoms with van der Waals surface area (Å²) in [6, 6.07) is 7.13. The van der Waals surface area contributed by atoms with Crippen molar-refractivity contribution in [1.82, 2.24) is 15.1 Å². The lowest BCUT2D eigenvalue weighted by molar-refractivity contribution is -0.132. The zero-order valence-corrected chi connectivity index (χ0v) is 13.0. The second-order valence-corrected chi connectivity index (χ2v) is 5.71. The van der Waals surface area contributed by atoms with Gasteiger partial charge in [0.15, 0.2) is 0 Å². The minimum absolute atomic E-state index is 0.000498. The van der Waals surface area contributed by atoms with Crippen molar-refractivity contribution in [3.63, 3.8) is 0 Å². The predicted molar refractivity (Wildman–Crippen MR) is 80.6 cm³/mol. The van der Waals surface area contributed by atoms with E-state index in [-0.39, 0.29) is 18.4 Å². The molecule has 0 radical (unpaired) electrons. The van der Waals surface area contributed by atoms with E-state index >= 15 is 0 Å². The number of nitrogens with one attached hydrogen (secondary N) is 1. The zero-order valence-electron chi connectivity index (χ0n) is 11.4. The molecule has 1 saturated heterocycles. The van der Waals surface area contributed by atoms with Gasteiger partial charge in [0.2, 0.25) is 5.91 Å². The minimum Gasteiger partial charge on any atom is -0.339 e. The maximum Gasteiger partial charge on any atom is 0.254 e. The maximum atomic E-state index is 12.2. The fourth-order valence-electron chi connectivity index (χ4n) is 2.10. The number of amides is 2. The summed E-state index contributed by atoms with van der Waals surface area (Å²) in [6.45, 7) is 3.17. The zero-order chi connectivity index (χ0) is 14.5. The Labute approximate surface area is 127 Å². The van der Waals surface area contributed by atoms with Gasteiger partial charge in [0, 0.05) is 43.3 Å². The summed E-state index contributed by atoms with van der Waals surface area (Å²) in [4.78, 5) is 27.6. The van der Waals surface area contributed by atoms with E-state index in [2.05, 4.69) is 21.2 Å². The van der Waals surface area contributed by atoms with Crippen LogP contribution in [0.15, 0.2) is 28.7 Å². The Bertz CT molecular complexity index is 484. The van der Waals surface area contributed by atoms with Gasteiger partial charge in [-0.2, -0.15) is 0 Å². The van der Waals surface area contributed by atoms with Crippen molar-refractivity contribution in [1.29, 1.82) is 0 Å². The molecule has 2 rings (SSSR count). The number of hydrogen-bond acceptors (Lipinski definition) is 3. The topological polar surface area (TPSA) is 52.7 Å². The first-order valence-electron chi connectivity index (χ1n) is 6.57. The molecule has 1 N–H and O–H groups in total. The van der Waals surface area contributed by atoms with Crippen LogP contribution in [-0.2, 0) is 4.79 Å². The Kier molecular flexibility index (Phi) is 5.14. The lowest BCUT2D eigenvalue weighted by atomic mass is 10.2. The van der Waals surface area contributed by atoms with Crippen molar-refractivity contribution in [2.24, 2.45) is 0 Å². The number of likely N-dealkylation sites (N-methyl/N-ethyl adjacent to an activating group) is 1. The lowest BCUT2D eigenvalue weighted by Gasteiger charge is -2.29. The molecule has 0 aliphatic carbocycles. The number of carbonyl (C=O) groups excluding carboxylic acids is 2. The largest absolute Gasteiger partial charge is 0.339 e. The van der Waals surface area contributed by atoms with Gasteiger partial charge in [-0.25, -0.2) is 0 Å². The van der Waals surface area contributed by atoms with Gasteiger partial charge in [-0.3, -0.25) is 9.59 Å². The van der Waals surface area contributed by atoms with Crippen LogP contribution in [0.25, 0.3) is 0 Å². The molecule has 1 aromatic rings. The molecule has 1 heterocycles. The van der Waals surface area contributed by atoms with Crippen LogP contribution in [0, 0.1) is 0 Å². The van der Waals surface area contributed by atoms with E-state index < -0.39 is 0 Å². The van der Waals surface area contributed by atoms with Crippen molar-refractivity contribution in [3.8, 4) is 0 Å². The highest BCUT2D eigenvalue weighted by Gasteiger charge is 2.20. The molecule has 1 aliphatic heterocycles. The van der Waals surface area contributed by atoms with Crippen LogP contribution in [0.1, 0.15) is 10.4 Å². The Hall–Kier alpha value is -1.40. The molecule has 5 nitrogen and oxygen atoms in total. The van der Waals surface area contributed by atoms with Crippen molar-refractivity contribution in [2.45, 2.75) is 0 Å². The SMILES string of the molecule is CN(CC(=O)N1CCNCC1)C(=O)c1ccc(Br)cc1. The molecular weight excluding hydrogens is 322 g/mol. The Morgan fingerprint density at radius 3 is 2.45 bits per heavy atom. The van der Waals surface area contributed by atoms with E-state index in [1.165, 1.54) is 4.90 Å². The summed E-state index contributed by atoms with van der Waals surface area (Å²) in [5, 5.41) is 3.20. The average molecular weight is 340 g/mol. The first-order chi connectivity index (χ1) is 9.58. The number of benzene rings is 1. The average Bonchev–Trinajstić information content (AvgIpc) is 2.48. The highest BCUT2D eigenvalue weighted by atomic mass is 79.9. The second kappa shape index (κ2) is 6.85. The Morgan fingerprint density at radius 2 is 1.85 bits per heavy atom. The van der Waals surface area contributed by atoms with Crippen LogP contribution in [0.2, 0.25) is 0 Å². The van der Waals surface area contributed by atoms with Crippen LogP contribution in [0.5, 0.6) is 0 Å². The number of nitrogens with zero attached hydrogens (tertiary/aromatic N) is 2. The summed E-state index contributed by atoms with van der Waals surface area (Å²) in [5.74, 6) is -0.138. The molecule has 0 aromatic heterocycles. The van der Waals surface area contributed by atoms with E-state index in [4.69, 9.17) is 0 Å². The minimum atomic E-state index is -0.138. The third-order valence-corrected chi connectivity index (χ3v) is 3.81. The normalized spacial score (nSPS) is 15.0. The summed E-state index contributed by atoms with van der Waals surface area (Å²) < 4.78 is 0.925. The first-order valence-corrected chi connectivity index (χ1v) is 7.37. The summed E-state index contributed by atoms with van der Waals surface area (Å²) in [5.41, 5.74) is 0.587. The van der Waals surface area contributed by atoms with Crippen LogP contribution in [0.3, 0.4) is 0 Å². The van der Waals surface area contributed by atoms with E-state index in [0.717, 1.165) is 17.6 Å². The molecule has 1 aliphatic rings. The van der Waals surface area contributed by atoms with E-state index in [0.29, 0.717) is 18.7 Å². The number of halogens is 1. The van der Waals surface area contributed by atoms with Gasteiger partial charge < -0.3 is 15.1 Å². The van der Waals surface area contributed by atoms with Gasteiger partial charge in [-0.15, -0.1) is 0 Å². The molecule has 0 unspecified atom stereocenters. The third kappa shape index (κ3) is 3.80. The van der Waals surface area contributed by atoms with Gasteiger partial charge in [0.1, 0.15) is 0 Å². The number of carbonyl (C=O) groups is 2. The quantitative estimate of drug-likeness (QED) is 0.892. The predicted octanol–water partition coefficient (Wildman–Crippen LogP) is 0.953. The Morgan fingerprint density at radius 1 is 1.25 bits per heavy atom. The molecule has 20 heavy (non-hydrogen) atoms. The number of piperazine rings is 1. The van der Waals surface area contributed by atoms with Gasteiger partial charge >= 0.3 is 0 Å². The lowest BCUT2D eigenvalue weighted by Crippen LogP contribution is -2.49. The highest BCUT2D eigenvalue weighted by molar-refractivity contribution is 9.10. The van der Waals surface area contributed by atoms with Crippen molar-refractivity contribution >= 4 is 27.7 Å². The van der Waals surface area contributed by atoms with Crippen LogP contribution in [-0.4, -0.2) is 61.4 Å². The van der Waals surface area contributed by atoms with Crippen molar-refractivity contribution < 1.29 is 9.59 Å². The summed E-state index contributed by atoms with van der Waals surface area (Å²) in [6.07, 6.45) is 0. The van der Waals surface area contributed by atoms with Gasteiger partial charge in [0.25, 0.3) is 5.91 Å². The molecular formula is C14H18BrN3O2. The first kappa shape index (κ1) is 15.0. The molecule has 0 spiro atoms. The third-order valence-electron chi connectivity index (χ3n) is 3.28. The van der Waals surface area contributed by atoms with Gasteiger partial charge in [-0.1, -0.05) is 15.9 Å². The molecule has 6 heteroatoms. The number of hydrogen-bond donors (Lipinski definition) is 1. The molecule has 1 aromatic carbocycles. The standard InChI is InChI=1S/C14H18BrN3O2/c1-17(10-13(19)18-8-6-16-7-9-18)14(20)11-2-4-12(15)5-3-11/h2-5,16H,6-10H2,1H3. The highest BCUT2D eigenvalue weighted by Crippen LogP contribution is 2.12. The van der Waals surface area contributed by atoms with Crippen LogP contribution in [0.4, 0.5) is 0 Å². The fourth-order valence-corrected chi connectivity index (χ4v) is 2.37. The van der Waals surface area contributed by atoms with Crippen molar-refractivity contribution in [3.05, 3.63) is 34.3 Å². The Balaban J connectivity index is 1.93. The molecule has 1 fully saturated rings. The summed E-state index contributed by atoms with van der Waals surface area (Å²) >= 11 is 3.33. The maximum absolute atomic E-state index is 12.2. The molecule has 0 bridgehead atoms. The van der Waals surface area contributed by atoms with E-state index in [1.54, 1.807) is 24.1 Å². The fraction of sp³-hybridized carbons (Fsp3) is 0.429. The molecule has 0 atom stereocenters. The summed E-state index contributed by atoms with van der Waals surface area (Å²) in [7, 11) is 1.66. The molecule has 0 saturated carbocycles. The van der Waals surface area contributed by atoms with Gasteiger partial charge in [0.05, 0.1) is 6.54 Å². The van der Waals surface area contributed by atoms with E-state index in [9.17, 15) is 9.59 Å². The van der Waals surface area contributed by atoms with Crippen molar-refractivity contribution in [2.75, 3.05) is 39.8 Å². The van der Waals surface area contributed by atoms with Crippen LogP contribution >= 0.6 is 15.9 Å². The molecule has 108 valence electrons. The second-order valence-electron chi connectivity index (χ2n) is 4.80.